The van der Waals surface area contributed by atoms with Crippen LogP contribution >= 0.6 is 11.3 Å². The number of carbonyl (C=O) groups is 1. The summed E-state index contributed by atoms with van der Waals surface area (Å²) < 4.78 is 13.5. The zero-order valence-corrected chi connectivity index (χ0v) is 12.4. The topological polar surface area (TPSA) is 72.7 Å². The minimum atomic E-state index is -0.708. The second kappa shape index (κ2) is 6.02. The molecule has 2 heterocycles. The Bertz CT molecular complexity index is 786. The van der Waals surface area contributed by atoms with E-state index in [4.69, 9.17) is 0 Å². The van der Waals surface area contributed by atoms with Crippen LogP contribution in [-0.2, 0) is 4.79 Å². The monoisotopic (exact) mass is 317 g/mol. The molecule has 1 amide bonds. The molecule has 0 radical (unpaired) electrons. The van der Waals surface area contributed by atoms with Crippen molar-refractivity contribution in [1.82, 2.24) is 20.2 Å². The first kappa shape index (κ1) is 14.3. The lowest BCUT2D eigenvalue weighted by Gasteiger charge is -2.11. The molecule has 3 aromatic rings. The third-order valence-electron chi connectivity index (χ3n) is 3.03. The van der Waals surface area contributed by atoms with Gasteiger partial charge in [0.15, 0.2) is 0 Å². The molecule has 2 aromatic heterocycles. The molecule has 0 fully saturated rings. The second-order valence-electron chi connectivity index (χ2n) is 4.56. The fourth-order valence-corrected chi connectivity index (χ4v) is 2.45. The van der Waals surface area contributed by atoms with Gasteiger partial charge in [0, 0.05) is 0 Å². The van der Waals surface area contributed by atoms with Crippen LogP contribution in [0.2, 0.25) is 0 Å². The summed E-state index contributed by atoms with van der Waals surface area (Å²) in [4.78, 5) is 14.2. The number of halogens is 1. The summed E-state index contributed by atoms with van der Waals surface area (Å²) in [7, 11) is 0. The number of nitrogens with zero attached hydrogens (tertiary/aromatic N) is 4. The fourth-order valence-electron chi connectivity index (χ4n) is 1.80. The van der Waals surface area contributed by atoms with Gasteiger partial charge in [-0.1, -0.05) is 18.2 Å². The third-order valence-corrected chi connectivity index (χ3v) is 3.89. The van der Waals surface area contributed by atoms with Crippen LogP contribution in [0, 0.1) is 5.82 Å². The van der Waals surface area contributed by atoms with Crippen molar-refractivity contribution >= 4 is 22.9 Å². The second-order valence-corrected chi connectivity index (χ2v) is 5.50. The molecule has 0 aliphatic carbocycles. The van der Waals surface area contributed by atoms with Crippen LogP contribution in [0.1, 0.15) is 13.0 Å². The molecular weight excluding hydrogens is 305 g/mol. The van der Waals surface area contributed by atoms with Gasteiger partial charge in [-0.25, -0.2) is 4.39 Å². The van der Waals surface area contributed by atoms with Crippen molar-refractivity contribution < 1.29 is 9.18 Å². The Kier molecular flexibility index (Phi) is 3.92. The average molecular weight is 317 g/mol. The first-order valence-electron chi connectivity index (χ1n) is 6.54. The first-order valence-corrected chi connectivity index (χ1v) is 7.42. The van der Waals surface area contributed by atoms with Crippen LogP contribution < -0.4 is 5.32 Å². The Balaban J connectivity index is 1.75. The van der Waals surface area contributed by atoms with Gasteiger partial charge in [0.1, 0.15) is 11.9 Å². The van der Waals surface area contributed by atoms with Crippen LogP contribution in [0.15, 0.2) is 41.8 Å². The van der Waals surface area contributed by atoms with Gasteiger partial charge >= 0.3 is 0 Å². The molecule has 0 aliphatic heterocycles. The molecule has 22 heavy (non-hydrogen) atoms. The van der Waals surface area contributed by atoms with E-state index in [1.807, 2.05) is 17.5 Å². The maximum Gasteiger partial charge on any atom is 0.250 e. The summed E-state index contributed by atoms with van der Waals surface area (Å²) in [5.41, 5.74) is 0.123. The van der Waals surface area contributed by atoms with Crippen molar-refractivity contribution in [2.75, 3.05) is 5.32 Å². The Labute approximate surface area is 129 Å². The molecule has 3 rings (SSSR count). The summed E-state index contributed by atoms with van der Waals surface area (Å²) in [5, 5.41) is 16.4. The van der Waals surface area contributed by atoms with Crippen molar-refractivity contribution in [3.63, 3.8) is 0 Å². The van der Waals surface area contributed by atoms with Gasteiger partial charge in [-0.2, -0.15) is 4.80 Å². The predicted octanol–water partition coefficient (Wildman–Crippen LogP) is 2.74. The lowest BCUT2D eigenvalue weighted by atomic mass is 10.2. The molecule has 1 atom stereocenters. The van der Waals surface area contributed by atoms with E-state index < -0.39 is 17.8 Å². The molecule has 0 unspecified atom stereocenters. The van der Waals surface area contributed by atoms with Gasteiger partial charge in [-0.3, -0.25) is 4.79 Å². The Morgan fingerprint density at radius 2 is 2.14 bits per heavy atom. The quantitative estimate of drug-likeness (QED) is 0.803. The summed E-state index contributed by atoms with van der Waals surface area (Å²) in [6.45, 7) is 1.62. The number of benzene rings is 1. The van der Waals surface area contributed by atoms with Gasteiger partial charge in [0.25, 0.3) is 5.91 Å². The number of nitrogens with one attached hydrogen (secondary N) is 1. The molecule has 1 aromatic carbocycles. The van der Waals surface area contributed by atoms with Crippen LogP contribution in [0.3, 0.4) is 0 Å². The first-order chi connectivity index (χ1) is 10.6. The van der Waals surface area contributed by atoms with E-state index in [1.54, 1.807) is 19.1 Å². The maximum atomic E-state index is 13.5. The number of amides is 1. The number of hydrogen-bond acceptors (Lipinski definition) is 5. The minimum Gasteiger partial charge on any atom is -0.322 e. The number of thiophene rings is 1. The minimum absolute atomic E-state index is 0.123. The van der Waals surface area contributed by atoms with E-state index in [0.717, 1.165) is 4.88 Å². The molecule has 8 heteroatoms. The molecule has 1 N–H and O–H groups in total. The highest BCUT2D eigenvalue weighted by atomic mass is 32.1. The fraction of sp³-hybridized carbons (Fsp3) is 0.143. The van der Waals surface area contributed by atoms with Gasteiger partial charge in [0.2, 0.25) is 5.82 Å². The van der Waals surface area contributed by atoms with Crippen LogP contribution in [-0.4, -0.2) is 26.1 Å². The lowest BCUT2D eigenvalue weighted by molar-refractivity contribution is -0.119. The van der Waals surface area contributed by atoms with E-state index in [1.165, 1.54) is 28.3 Å². The maximum absolute atomic E-state index is 13.5. The summed E-state index contributed by atoms with van der Waals surface area (Å²) >= 11 is 1.49. The van der Waals surface area contributed by atoms with Crippen molar-refractivity contribution in [3.05, 3.63) is 47.6 Å². The summed E-state index contributed by atoms with van der Waals surface area (Å²) in [5.74, 6) is -0.449. The summed E-state index contributed by atoms with van der Waals surface area (Å²) in [6, 6.07) is 9.02. The van der Waals surface area contributed by atoms with Crippen molar-refractivity contribution in [1.29, 1.82) is 0 Å². The Hall–Kier alpha value is -2.61. The van der Waals surface area contributed by atoms with Gasteiger partial charge in [0.05, 0.1) is 10.6 Å². The van der Waals surface area contributed by atoms with E-state index >= 15 is 0 Å². The molecule has 0 aliphatic rings. The number of anilines is 1. The standard InChI is InChI=1S/C14H12FN5OS/c1-9(14(21)16-11-6-3-2-5-10(11)15)20-18-13(17-19-20)12-7-4-8-22-12/h2-9H,1H3,(H,16,21)/t9-/m0/s1. The lowest BCUT2D eigenvalue weighted by Crippen LogP contribution is -2.25. The van der Waals surface area contributed by atoms with Crippen molar-refractivity contribution in [2.24, 2.45) is 0 Å². The van der Waals surface area contributed by atoms with Gasteiger partial charge in [-0.05, 0) is 35.7 Å². The average Bonchev–Trinajstić information content (AvgIpc) is 3.19. The van der Waals surface area contributed by atoms with Crippen LogP contribution in [0.25, 0.3) is 10.7 Å². The molecule has 0 saturated carbocycles. The van der Waals surface area contributed by atoms with Gasteiger partial charge in [-0.15, -0.1) is 21.5 Å². The number of aromatic nitrogens is 4. The molecule has 0 bridgehead atoms. The Morgan fingerprint density at radius 3 is 2.86 bits per heavy atom. The molecular formula is C14H12FN5OS. The number of tetrazole rings is 1. The highest BCUT2D eigenvalue weighted by Gasteiger charge is 2.20. The van der Waals surface area contributed by atoms with Crippen LogP contribution in [0.4, 0.5) is 10.1 Å². The third kappa shape index (κ3) is 2.86. The number of hydrogen-bond donors (Lipinski definition) is 1. The normalized spacial score (nSPS) is 12.1. The summed E-state index contributed by atoms with van der Waals surface area (Å²) in [6.07, 6.45) is 0. The largest absolute Gasteiger partial charge is 0.322 e. The van der Waals surface area contributed by atoms with E-state index in [2.05, 4.69) is 20.7 Å². The number of carbonyl (C=O) groups excluding carboxylic acids is 1. The van der Waals surface area contributed by atoms with Crippen molar-refractivity contribution in [2.45, 2.75) is 13.0 Å². The van der Waals surface area contributed by atoms with Gasteiger partial charge < -0.3 is 5.32 Å². The number of para-hydroxylation sites is 1. The van der Waals surface area contributed by atoms with Crippen molar-refractivity contribution in [3.8, 4) is 10.7 Å². The van der Waals surface area contributed by atoms with E-state index in [0.29, 0.717) is 5.82 Å². The number of rotatable bonds is 4. The SMILES string of the molecule is C[C@@H](C(=O)Nc1ccccc1F)n1nnc(-c2cccs2)n1. The molecule has 112 valence electrons. The predicted molar refractivity (Wildman–Crippen MR) is 80.9 cm³/mol. The van der Waals surface area contributed by atoms with E-state index in [9.17, 15) is 9.18 Å². The molecule has 0 saturated heterocycles. The Morgan fingerprint density at radius 1 is 1.32 bits per heavy atom. The molecule has 0 spiro atoms. The zero-order valence-electron chi connectivity index (χ0n) is 11.6. The highest BCUT2D eigenvalue weighted by Crippen LogP contribution is 2.20. The van der Waals surface area contributed by atoms with E-state index in [-0.39, 0.29) is 5.69 Å². The highest BCUT2D eigenvalue weighted by molar-refractivity contribution is 7.13. The molecule has 6 nitrogen and oxygen atoms in total. The zero-order chi connectivity index (χ0) is 15.5. The smallest absolute Gasteiger partial charge is 0.250 e. The van der Waals surface area contributed by atoms with Crippen LogP contribution in [0.5, 0.6) is 0 Å².